The molecule has 5 rings (SSSR count). The van der Waals surface area contributed by atoms with E-state index in [1.165, 1.54) is 5.56 Å². The number of rotatable bonds is 3. The Morgan fingerprint density at radius 2 is 1.90 bits per heavy atom. The molecule has 7 nitrogen and oxygen atoms in total. The van der Waals surface area contributed by atoms with Crippen LogP contribution < -0.4 is 9.80 Å². The first-order valence-corrected chi connectivity index (χ1v) is 10.2. The predicted octanol–water partition coefficient (Wildman–Crippen LogP) is 2.86. The van der Waals surface area contributed by atoms with Gasteiger partial charge in [0.15, 0.2) is 0 Å². The molecule has 1 aromatic carbocycles. The Balaban J connectivity index is 1.28. The lowest BCUT2D eigenvalue weighted by Crippen LogP contribution is -2.45. The van der Waals surface area contributed by atoms with Gasteiger partial charge in [-0.25, -0.2) is 15.0 Å². The van der Waals surface area contributed by atoms with Crippen LogP contribution >= 0.6 is 0 Å². The Hall–Kier alpha value is -3.22. The minimum absolute atomic E-state index is 0.0646. The molecule has 2 aliphatic rings. The normalized spacial score (nSPS) is 19.4. The summed E-state index contributed by atoms with van der Waals surface area (Å²) >= 11 is 0. The van der Waals surface area contributed by atoms with Gasteiger partial charge < -0.3 is 9.80 Å². The summed E-state index contributed by atoms with van der Waals surface area (Å²) in [5.74, 6) is 2.03. The number of fused-ring (bicyclic) bond motifs is 1. The molecule has 29 heavy (non-hydrogen) atoms. The molecule has 0 spiro atoms. The van der Waals surface area contributed by atoms with Crippen LogP contribution in [-0.4, -0.2) is 44.6 Å². The molecule has 0 N–H and O–H groups in total. The highest BCUT2D eigenvalue weighted by Crippen LogP contribution is 2.35. The van der Waals surface area contributed by atoms with Crippen molar-refractivity contribution in [2.45, 2.75) is 32.2 Å². The molecular weight excluding hydrogens is 364 g/mol. The van der Waals surface area contributed by atoms with Crippen molar-refractivity contribution in [2.75, 3.05) is 22.9 Å². The molecule has 2 aromatic heterocycles. The monoisotopic (exact) mass is 388 g/mol. The van der Waals surface area contributed by atoms with Gasteiger partial charge in [0.25, 0.3) is 0 Å². The van der Waals surface area contributed by atoms with E-state index >= 15 is 0 Å². The molecule has 0 bridgehead atoms. The zero-order chi connectivity index (χ0) is 19.8. The third kappa shape index (κ3) is 3.26. The molecule has 148 valence electrons. The van der Waals surface area contributed by atoms with Crippen LogP contribution in [0, 0.1) is 5.92 Å². The average Bonchev–Trinajstić information content (AvgIpc) is 3.41. The van der Waals surface area contributed by atoms with Crippen LogP contribution in [0.1, 0.15) is 25.3 Å². The number of anilines is 2. The number of para-hydroxylation sites is 1. The van der Waals surface area contributed by atoms with Crippen LogP contribution in [0.3, 0.4) is 0 Å². The SMILES string of the molecule is CC1Cc2ccccc2N1C(=O)C1CCN(c2cc(-n3ccnc3)ncn2)CC1. The Labute approximate surface area is 170 Å². The van der Waals surface area contributed by atoms with Gasteiger partial charge in [0.1, 0.15) is 24.3 Å². The van der Waals surface area contributed by atoms with E-state index in [0.717, 1.165) is 49.7 Å². The number of amides is 1. The van der Waals surface area contributed by atoms with E-state index in [-0.39, 0.29) is 17.9 Å². The van der Waals surface area contributed by atoms with Crippen molar-refractivity contribution in [2.24, 2.45) is 5.92 Å². The van der Waals surface area contributed by atoms with Gasteiger partial charge in [-0.05, 0) is 37.8 Å². The van der Waals surface area contributed by atoms with Crippen molar-refractivity contribution in [1.29, 1.82) is 0 Å². The predicted molar refractivity (Wildman–Crippen MR) is 111 cm³/mol. The van der Waals surface area contributed by atoms with E-state index < -0.39 is 0 Å². The van der Waals surface area contributed by atoms with Gasteiger partial charge in [-0.1, -0.05) is 18.2 Å². The van der Waals surface area contributed by atoms with Gasteiger partial charge >= 0.3 is 0 Å². The van der Waals surface area contributed by atoms with Gasteiger partial charge in [-0.3, -0.25) is 9.36 Å². The molecule has 4 heterocycles. The fourth-order valence-corrected chi connectivity index (χ4v) is 4.50. The fraction of sp³-hybridized carbons (Fsp3) is 0.364. The summed E-state index contributed by atoms with van der Waals surface area (Å²) < 4.78 is 1.87. The molecule has 1 atom stereocenters. The molecule has 1 unspecified atom stereocenters. The second-order valence-corrected chi connectivity index (χ2v) is 7.86. The van der Waals surface area contributed by atoms with Crippen LogP contribution in [0.25, 0.3) is 5.82 Å². The maximum atomic E-state index is 13.3. The number of nitrogens with zero attached hydrogens (tertiary/aromatic N) is 6. The molecule has 1 saturated heterocycles. The average molecular weight is 388 g/mol. The number of hydrogen-bond acceptors (Lipinski definition) is 5. The largest absolute Gasteiger partial charge is 0.356 e. The summed E-state index contributed by atoms with van der Waals surface area (Å²) in [5, 5.41) is 0. The topological polar surface area (TPSA) is 67.2 Å². The summed E-state index contributed by atoms with van der Waals surface area (Å²) in [7, 11) is 0. The Kier molecular flexibility index (Phi) is 4.50. The molecule has 7 heteroatoms. The van der Waals surface area contributed by atoms with Gasteiger partial charge in [0, 0.05) is 49.2 Å². The number of piperidine rings is 1. The van der Waals surface area contributed by atoms with Crippen LogP contribution in [0.5, 0.6) is 0 Å². The summed E-state index contributed by atoms with van der Waals surface area (Å²) in [6.45, 7) is 3.78. The zero-order valence-corrected chi connectivity index (χ0v) is 16.5. The van der Waals surface area contributed by atoms with E-state index in [4.69, 9.17) is 0 Å². The van der Waals surface area contributed by atoms with Crippen molar-refractivity contribution in [3.05, 3.63) is 60.9 Å². The minimum atomic E-state index is 0.0646. The highest BCUT2D eigenvalue weighted by Gasteiger charge is 2.36. The lowest BCUT2D eigenvalue weighted by atomic mass is 9.94. The van der Waals surface area contributed by atoms with Crippen molar-refractivity contribution >= 4 is 17.4 Å². The molecular formula is C22H24N6O. The molecule has 0 aliphatic carbocycles. The lowest BCUT2D eigenvalue weighted by Gasteiger charge is -2.35. The smallest absolute Gasteiger partial charge is 0.230 e. The number of aromatic nitrogens is 4. The van der Waals surface area contributed by atoms with Gasteiger partial charge in [-0.15, -0.1) is 0 Å². The quantitative estimate of drug-likeness (QED) is 0.690. The summed E-state index contributed by atoms with van der Waals surface area (Å²) in [6, 6.07) is 10.5. The lowest BCUT2D eigenvalue weighted by molar-refractivity contribution is -0.123. The zero-order valence-electron chi connectivity index (χ0n) is 16.5. The maximum absolute atomic E-state index is 13.3. The van der Waals surface area contributed by atoms with Crippen LogP contribution in [0.2, 0.25) is 0 Å². The van der Waals surface area contributed by atoms with Gasteiger partial charge in [0.05, 0.1) is 0 Å². The highest BCUT2D eigenvalue weighted by atomic mass is 16.2. The second kappa shape index (κ2) is 7.31. The summed E-state index contributed by atoms with van der Waals surface area (Å²) in [4.78, 5) is 30.4. The van der Waals surface area contributed by atoms with Crippen molar-refractivity contribution in [1.82, 2.24) is 19.5 Å². The molecule has 0 saturated carbocycles. The molecule has 0 radical (unpaired) electrons. The number of benzene rings is 1. The molecule has 1 fully saturated rings. The summed E-state index contributed by atoms with van der Waals surface area (Å²) in [6.07, 6.45) is 9.54. The van der Waals surface area contributed by atoms with E-state index in [1.54, 1.807) is 18.9 Å². The van der Waals surface area contributed by atoms with Crippen molar-refractivity contribution in [3.63, 3.8) is 0 Å². The van der Waals surface area contributed by atoms with E-state index in [9.17, 15) is 4.79 Å². The standard InChI is InChI=1S/C22H24N6O/c1-16-12-18-4-2-3-5-19(18)28(16)22(29)17-6-9-26(10-7-17)20-13-21(25-14-24-20)27-11-8-23-15-27/h2-5,8,11,13-17H,6-7,9-10,12H2,1H3. The van der Waals surface area contributed by atoms with E-state index in [2.05, 4.69) is 45.0 Å². The second-order valence-electron chi connectivity index (χ2n) is 7.86. The third-order valence-electron chi connectivity index (χ3n) is 6.02. The number of imidazole rings is 1. The number of carbonyl (C=O) groups is 1. The Morgan fingerprint density at radius 1 is 1.10 bits per heavy atom. The first kappa shape index (κ1) is 17.8. The Bertz CT molecular complexity index is 1010. The number of carbonyl (C=O) groups excluding carboxylic acids is 1. The van der Waals surface area contributed by atoms with Crippen molar-refractivity contribution in [3.8, 4) is 5.82 Å². The first-order chi connectivity index (χ1) is 14.2. The molecule has 3 aromatic rings. The van der Waals surface area contributed by atoms with Crippen LogP contribution in [-0.2, 0) is 11.2 Å². The van der Waals surface area contributed by atoms with E-state index in [1.807, 2.05) is 27.8 Å². The molecule has 1 amide bonds. The maximum Gasteiger partial charge on any atom is 0.230 e. The minimum Gasteiger partial charge on any atom is -0.356 e. The van der Waals surface area contributed by atoms with Crippen molar-refractivity contribution < 1.29 is 4.79 Å². The summed E-state index contributed by atoms with van der Waals surface area (Å²) in [5.41, 5.74) is 2.37. The van der Waals surface area contributed by atoms with Crippen LogP contribution in [0.4, 0.5) is 11.5 Å². The molecule has 2 aliphatic heterocycles. The third-order valence-corrected chi connectivity index (χ3v) is 6.02. The fourth-order valence-electron chi connectivity index (χ4n) is 4.50. The van der Waals surface area contributed by atoms with E-state index in [0.29, 0.717) is 0 Å². The number of hydrogen-bond donors (Lipinski definition) is 0. The first-order valence-electron chi connectivity index (χ1n) is 10.2. The highest BCUT2D eigenvalue weighted by molar-refractivity contribution is 5.97. The van der Waals surface area contributed by atoms with Gasteiger partial charge in [-0.2, -0.15) is 0 Å². The van der Waals surface area contributed by atoms with Crippen LogP contribution in [0.15, 0.2) is 55.4 Å². The van der Waals surface area contributed by atoms with Gasteiger partial charge in [0.2, 0.25) is 5.91 Å². The Morgan fingerprint density at radius 3 is 2.69 bits per heavy atom.